The van der Waals surface area contributed by atoms with Crippen LogP contribution in [0.25, 0.3) is 11.1 Å². The van der Waals surface area contributed by atoms with Crippen molar-refractivity contribution >= 4 is 0 Å². The van der Waals surface area contributed by atoms with Crippen LogP contribution in [0.15, 0.2) is 60.7 Å². The second-order valence-electron chi connectivity index (χ2n) is 6.34. The van der Waals surface area contributed by atoms with Gasteiger partial charge in [0, 0.05) is 0 Å². The molecule has 2 nitrogen and oxygen atoms in total. The van der Waals surface area contributed by atoms with Crippen molar-refractivity contribution in [1.82, 2.24) is 0 Å². The van der Waals surface area contributed by atoms with Crippen molar-refractivity contribution in [3.63, 3.8) is 0 Å². The molecule has 0 N–H and O–H groups in total. The minimum atomic E-state index is -3.58. The molecule has 0 radical (unpaired) electrons. The summed E-state index contributed by atoms with van der Waals surface area (Å²) in [5.41, 5.74) is 0.866. The lowest BCUT2D eigenvalue weighted by atomic mass is 10.0. The molecular weight excluding hydrogens is 410 g/mol. The highest BCUT2D eigenvalue weighted by molar-refractivity contribution is 5.65. The fraction of sp³-hybridized carbons (Fsp3) is 0.182. The monoisotopic (exact) mass is 426 g/mol. The van der Waals surface area contributed by atoms with Gasteiger partial charge in [-0.1, -0.05) is 31.2 Å². The molecule has 0 aliphatic heterocycles. The van der Waals surface area contributed by atoms with E-state index < -0.39 is 30.1 Å². The van der Waals surface area contributed by atoms with Gasteiger partial charge in [0.15, 0.2) is 17.4 Å². The lowest BCUT2D eigenvalue weighted by Gasteiger charge is -2.19. The molecule has 0 saturated heterocycles. The first-order valence-corrected chi connectivity index (χ1v) is 8.90. The summed E-state index contributed by atoms with van der Waals surface area (Å²) in [4.78, 5) is 0. The van der Waals surface area contributed by atoms with Crippen LogP contribution in [0.3, 0.4) is 0 Å². The molecule has 0 saturated carbocycles. The zero-order chi connectivity index (χ0) is 21.9. The van der Waals surface area contributed by atoms with Crippen LogP contribution in [0.2, 0.25) is 0 Å². The summed E-state index contributed by atoms with van der Waals surface area (Å²) in [5.74, 6) is -3.98. The van der Waals surface area contributed by atoms with Gasteiger partial charge in [0.05, 0.1) is 5.56 Å². The Morgan fingerprint density at radius 2 is 1.40 bits per heavy atom. The van der Waals surface area contributed by atoms with Crippen LogP contribution in [0, 0.1) is 11.6 Å². The predicted octanol–water partition coefficient (Wildman–Crippen LogP) is 6.92. The average molecular weight is 426 g/mol. The third-order valence-corrected chi connectivity index (χ3v) is 4.34. The van der Waals surface area contributed by atoms with Gasteiger partial charge in [-0.2, -0.15) is 17.6 Å². The molecule has 8 heteroatoms. The lowest BCUT2D eigenvalue weighted by Crippen LogP contribution is -2.21. The van der Waals surface area contributed by atoms with Crippen molar-refractivity contribution in [3.8, 4) is 22.6 Å². The number of hydrogen-bond donors (Lipinski definition) is 0. The van der Waals surface area contributed by atoms with Gasteiger partial charge in [-0.3, -0.25) is 0 Å². The Labute approximate surface area is 168 Å². The second kappa shape index (κ2) is 8.69. The summed E-state index contributed by atoms with van der Waals surface area (Å²) in [7, 11) is 0. The van der Waals surface area contributed by atoms with Gasteiger partial charge >= 0.3 is 12.7 Å². The highest BCUT2D eigenvalue weighted by Crippen LogP contribution is 2.34. The smallest absolute Gasteiger partial charge is 0.426 e. The van der Waals surface area contributed by atoms with Crippen LogP contribution in [-0.2, 0) is 12.5 Å². The Morgan fingerprint density at radius 1 is 0.833 bits per heavy atom. The summed E-state index contributed by atoms with van der Waals surface area (Å²) in [6, 6.07) is 12.4. The van der Waals surface area contributed by atoms with Gasteiger partial charge in [0.1, 0.15) is 5.75 Å². The summed E-state index contributed by atoms with van der Waals surface area (Å²) >= 11 is 0. The summed E-state index contributed by atoms with van der Waals surface area (Å²) in [6.45, 7) is -1.47. The van der Waals surface area contributed by atoms with E-state index in [0.717, 1.165) is 17.7 Å². The van der Waals surface area contributed by atoms with Crippen LogP contribution in [-0.4, -0.2) is 6.61 Å². The molecule has 0 bridgehead atoms. The number of aryl methyl sites for hydroxylation is 1. The molecule has 0 fully saturated rings. The van der Waals surface area contributed by atoms with E-state index >= 15 is 0 Å². The summed E-state index contributed by atoms with van der Waals surface area (Å²) < 4.78 is 89.5. The molecule has 3 aromatic rings. The molecule has 30 heavy (non-hydrogen) atoms. The molecule has 0 aliphatic rings. The minimum Gasteiger partial charge on any atom is -0.429 e. The van der Waals surface area contributed by atoms with E-state index in [2.05, 4.69) is 4.74 Å². The molecule has 0 atom stereocenters. The molecule has 0 amide bonds. The zero-order valence-corrected chi connectivity index (χ0v) is 15.6. The molecule has 3 rings (SSSR count). The molecule has 0 aliphatic carbocycles. The Hall–Kier alpha value is -3.16. The summed E-state index contributed by atoms with van der Waals surface area (Å²) in [6.07, 6.45) is -2.87. The standard InChI is InChI=1S/C22H16F6O2/c1-2-13-3-7-16(8-4-13)22(27,28)30-17-9-5-14(6-10-17)15-11-18(23)20(19(24)12-15)29-21(25)26/h3-12,21H,2H2,1H3. The average Bonchev–Trinajstić information content (AvgIpc) is 2.71. The molecule has 0 heterocycles. The first-order chi connectivity index (χ1) is 14.2. The van der Waals surface area contributed by atoms with Crippen molar-refractivity contribution in [2.45, 2.75) is 26.1 Å². The highest BCUT2D eigenvalue weighted by atomic mass is 19.3. The van der Waals surface area contributed by atoms with Crippen LogP contribution in [0.5, 0.6) is 11.5 Å². The first kappa shape index (κ1) is 21.5. The van der Waals surface area contributed by atoms with Crippen molar-refractivity contribution in [2.75, 3.05) is 0 Å². The van der Waals surface area contributed by atoms with Gasteiger partial charge in [-0.25, -0.2) is 8.78 Å². The van der Waals surface area contributed by atoms with Gasteiger partial charge in [-0.05, 0) is 59.5 Å². The van der Waals surface area contributed by atoms with Gasteiger partial charge in [-0.15, -0.1) is 0 Å². The number of ether oxygens (including phenoxy) is 2. The van der Waals surface area contributed by atoms with Gasteiger partial charge < -0.3 is 9.47 Å². The molecule has 158 valence electrons. The van der Waals surface area contributed by atoms with E-state index in [1.807, 2.05) is 6.92 Å². The number of rotatable bonds is 7. The normalized spacial score (nSPS) is 11.6. The third-order valence-electron chi connectivity index (χ3n) is 4.34. The van der Waals surface area contributed by atoms with Gasteiger partial charge in [0.25, 0.3) is 0 Å². The number of halogens is 6. The first-order valence-electron chi connectivity index (χ1n) is 8.90. The summed E-state index contributed by atoms with van der Waals surface area (Å²) in [5, 5.41) is 0. The lowest BCUT2D eigenvalue weighted by molar-refractivity contribution is -0.185. The number of alkyl halides is 4. The van der Waals surface area contributed by atoms with Crippen molar-refractivity contribution in [1.29, 1.82) is 0 Å². The molecule has 0 aromatic heterocycles. The van der Waals surface area contributed by atoms with E-state index in [1.165, 1.54) is 36.4 Å². The van der Waals surface area contributed by atoms with Crippen molar-refractivity contribution in [2.24, 2.45) is 0 Å². The maximum absolute atomic E-state index is 14.4. The predicted molar refractivity (Wildman–Crippen MR) is 98.8 cm³/mol. The Bertz CT molecular complexity index is 978. The largest absolute Gasteiger partial charge is 0.429 e. The van der Waals surface area contributed by atoms with E-state index in [4.69, 9.17) is 4.74 Å². The Morgan fingerprint density at radius 3 is 1.90 bits per heavy atom. The van der Waals surface area contributed by atoms with E-state index in [9.17, 15) is 26.3 Å². The number of benzene rings is 3. The Balaban J connectivity index is 1.79. The van der Waals surface area contributed by atoms with Crippen LogP contribution in [0.1, 0.15) is 18.1 Å². The van der Waals surface area contributed by atoms with Crippen LogP contribution >= 0.6 is 0 Å². The topological polar surface area (TPSA) is 18.5 Å². The second-order valence-corrected chi connectivity index (χ2v) is 6.34. The quantitative estimate of drug-likeness (QED) is 0.382. The molecule has 0 spiro atoms. The molecule has 3 aromatic carbocycles. The van der Waals surface area contributed by atoms with Crippen LogP contribution in [0.4, 0.5) is 26.3 Å². The minimum absolute atomic E-state index is 0.0140. The van der Waals surface area contributed by atoms with E-state index in [0.29, 0.717) is 6.42 Å². The zero-order valence-electron chi connectivity index (χ0n) is 15.6. The van der Waals surface area contributed by atoms with E-state index in [-0.39, 0.29) is 22.4 Å². The third kappa shape index (κ3) is 4.87. The van der Waals surface area contributed by atoms with Crippen LogP contribution < -0.4 is 9.47 Å². The fourth-order valence-corrected chi connectivity index (χ4v) is 2.79. The molecule has 0 unspecified atom stereocenters. The highest BCUT2D eigenvalue weighted by Gasteiger charge is 2.34. The molecular formula is C22H16F6O2. The maximum atomic E-state index is 14.4. The maximum Gasteiger partial charge on any atom is 0.426 e. The van der Waals surface area contributed by atoms with Crippen molar-refractivity contribution < 1.29 is 35.8 Å². The van der Waals surface area contributed by atoms with E-state index in [1.54, 1.807) is 12.1 Å². The fourth-order valence-electron chi connectivity index (χ4n) is 2.79. The van der Waals surface area contributed by atoms with Crippen molar-refractivity contribution in [3.05, 3.63) is 83.4 Å². The SMILES string of the molecule is CCc1ccc(C(F)(F)Oc2ccc(-c3cc(F)c(OC(F)F)c(F)c3)cc2)cc1. The number of hydrogen-bond acceptors (Lipinski definition) is 2. The Kier molecular flexibility index (Phi) is 6.24. The van der Waals surface area contributed by atoms with Gasteiger partial charge in [0.2, 0.25) is 0 Å².